The highest BCUT2D eigenvalue weighted by Gasteiger charge is 2.51. The summed E-state index contributed by atoms with van der Waals surface area (Å²) in [7, 11) is 0. The summed E-state index contributed by atoms with van der Waals surface area (Å²) in [4.78, 5) is 11.5. The number of carboxylic acid groups (broad SMARTS) is 1. The number of halogens is 1. The molecule has 4 saturated carbocycles. The number of hydrogen-bond acceptors (Lipinski definition) is 4. The molecular formula is C28H34ClNO4. The molecule has 4 fully saturated rings. The predicted molar refractivity (Wildman–Crippen MR) is 134 cm³/mol. The summed E-state index contributed by atoms with van der Waals surface area (Å²) >= 11 is 5.98. The van der Waals surface area contributed by atoms with Crippen LogP contribution in [0.1, 0.15) is 72.9 Å². The molecule has 5 nitrogen and oxygen atoms in total. The number of nitrogens with one attached hydrogen (secondary N) is 1. The Bertz CT molecular complexity index is 1020. The number of benzene rings is 2. The van der Waals surface area contributed by atoms with Gasteiger partial charge in [-0.2, -0.15) is 0 Å². The van der Waals surface area contributed by atoms with Gasteiger partial charge in [-0.05, 0) is 117 Å². The first kappa shape index (κ1) is 23.5. The second-order valence-electron chi connectivity index (χ2n) is 10.8. The van der Waals surface area contributed by atoms with Crippen molar-refractivity contribution in [3.63, 3.8) is 0 Å². The van der Waals surface area contributed by atoms with Gasteiger partial charge in [-0.15, -0.1) is 0 Å². The fourth-order valence-corrected chi connectivity index (χ4v) is 7.45. The topological polar surface area (TPSA) is 78.8 Å². The van der Waals surface area contributed by atoms with Gasteiger partial charge < -0.3 is 20.3 Å². The SMILES string of the molecule is Cc1cc(Cl)cc(C(=O)O)c1NC(O)CCCOc1ccc(C23CC4CC(CC(C4)C2)C3)cc1. The summed E-state index contributed by atoms with van der Waals surface area (Å²) < 4.78 is 5.93. The third-order valence-corrected chi connectivity index (χ3v) is 8.46. The third kappa shape index (κ3) is 4.78. The van der Waals surface area contributed by atoms with E-state index in [0.29, 0.717) is 41.1 Å². The lowest BCUT2D eigenvalue weighted by Gasteiger charge is -2.57. The first-order valence-electron chi connectivity index (χ1n) is 12.5. The van der Waals surface area contributed by atoms with E-state index in [2.05, 4.69) is 29.6 Å². The Morgan fingerprint density at radius 1 is 1.12 bits per heavy atom. The van der Waals surface area contributed by atoms with E-state index in [9.17, 15) is 15.0 Å². The molecule has 0 spiro atoms. The summed E-state index contributed by atoms with van der Waals surface area (Å²) in [5, 5.41) is 23.1. The lowest BCUT2D eigenvalue weighted by molar-refractivity contribution is -0.00520. The van der Waals surface area contributed by atoms with Crippen LogP contribution in [0.4, 0.5) is 5.69 Å². The molecule has 3 N–H and O–H groups in total. The van der Waals surface area contributed by atoms with Crippen molar-refractivity contribution >= 4 is 23.3 Å². The molecule has 0 amide bonds. The normalized spacial score (nSPS) is 28.0. The number of carboxylic acids is 1. The third-order valence-electron chi connectivity index (χ3n) is 8.24. The molecule has 6 heteroatoms. The fraction of sp³-hybridized carbons (Fsp3) is 0.536. The van der Waals surface area contributed by atoms with Gasteiger partial charge in [-0.1, -0.05) is 23.7 Å². The van der Waals surface area contributed by atoms with E-state index >= 15 is 0 Å². The molecule has 4 aliphatic rings. The van der Waals surface area contributed by atoms with Crippen molar-refractivity contribution < 1.29 is 19.7 Å². The molecular weight excluding hydrogens is 450 g/mol. The van der Waals surface area contributed by atoms with Gasteiger partial charge >= 0.3 is 5.97 Å². The van der Waals surface area contributed by atoms with E-state index in [1.807, 2.05) is 0 Å². The molecule has 4 bridgehead atoms. The average Bonchev–Trinajstić information content (AvgIpc) is 2.77. The van der Waals surface area contributed by atoms with E-state index in [0.717, 1.165) is 23.5 Å². The number of carbonyl (C=O) groups is 1. The minimum absolute atomic E-state index is 0.0550. The van der Waals surface area contributed by atoms with Crippen molar-refractivity contribution in [1.82, 2.24) is 0 Å². The molecule has 2 aromatic rings. The molecule has 0 aromatic heterocycles. The zero-order valence-electron chi connectivity index (χ0n) is 19.7. The Morgan fingerprint density at radius 3 is 2.32 bits per heavy atom. The smallest absolute Gasteiger partial charge is 0.337 e. The Morgan fingerprint density at radius 2 is 1.74 bits per heavy atom. The van der Waals surface area contributed by atoms with Crippen LogP contribution < -0.4 is 10.1 Å². The van der Waals surface area contributed by atoms with Crippen LogP contribution >= 0.6 is 11.6 Å². The van der Waals surface area contributed by atoms with Gasteiger partial charge in [-0.3, -0.25) is 0 Å². The maximum Gasteiger partial charge on any atom is 0.337 e. The van der Waals surface area contributed by atoms with Crippen molar-refractivity contribution in [3.8, 4) is 5.75 Å². The van der Waals surface area contributed by atoms with Crippen LogP contribution in [0.3, 0.4) is 0 Å². The summed E-state index contributed by atoms with van der Waals surface area (Å²) in [5.74, 6) is 2.58. The van der Waals surface area contributed by atoms with Crippen LogP contribution in [-0.4, -0.2) is 29.0 Å². The van der Waals surface area contributed by atoms with Crippen LogP contribution in [0.5, 0.6) is 5.75 Å². The Kier molecular flexibility index (Phi) is 6.51. The maximum atomic E-state index is 11.5. The summed E-state index contributed by atoms with van der Waals surface area (Å²) in [6, 6.07) is 11.8. The number of anilines is 1. The lowest BCUT2D eigenvalue weighted by Crippen LogP contribution is -2.48. The molecule has 1 unspecified atom stereocenters. The Balaban J connectivity index is 1.12. The first-order valence-corrected chi connectivity index (χ1v) is 12.9. The number of rotatable bonds is 9. The second kappa shape index (κ2) is 9.43. The van der Waals surface area contributed by atoms with E-state index < -0.39 is 12.2 Å². The number of aliphatic hydroxyl groups excluding tert-OH is 1. The Hall–Kier alpha value is -2.24. The Labute approximate surface area is 206 Å². The molecule has 6 rings (SSSR count). The molecule has 0 radical (unpaired) electrons. The summed E-state index contributed by atoms with van der Waals surface area (Å²) in [6.07, 6.45) is 8.65. The van der Waals surface area contributed by atoms with Crippen molar-refractivity contribution in [2.45, 2.75) is 69.9 Å². The second-order valence-corrected chi connectivity index (χ2v) is 11.3. The zero-order chi connectivity index (χ0) is 23.9. The van der Waals surface area contributed by atoms with Crippen molar-refractivity contribution in [2.24, 2.45) is 17.8 Å². The molecule has 182 valence electrons. The van der Waals surface area contributed by atoms with Gasteiger partial charge in [0.1, 0.15) is 12.0 Å². The highest BCUT2D eigenvalue weighted by Crippen LogP contribution is 2.60. The van der Waals surface area contributed by atoms with Gasteiger partial charge in [0.15, 0.2) is 0 Å². The van der Waals surface area contributed by atoms with Gasteiger partial charge in [0.25, 0.3) is 0 Å². The van der Waals surface area contributed by atoms with E-state index in [1.165, 1.54) is 50.2 Å². The molecule has 1 atom stereocenters. The summed E-state index contributed by atoms with van der Waals surface area (Å²) in [6.45, 7) is 2.25. The number of aliphatic hydroxyl groups is 1. The number of hydrogen-bond donors (Lipinski definition) is 3. The molecule has 34 heavy (non-hydrogen) atoms. The van der Waals surface area contributed by atoms with Crippen molar-refractivity contribution in [1.29, 1.82) is 0 Å². The van der Waals surface area contributed by atoms with Crippen molar-refractivity contribution in [3.05, 3.63) is 58.1 Å². The van der Waals surface area contributed by atoms with Gasteiger partial charge in [-0.25, -0.2) is 4.79 Å². The predicted octanol–water partition coefficient (Wildman–Crippen LogP) is 6.40. The molecule has 0 heterocycles. The number of aryl methyl sites for hydroxylation is 1. The van der Waals surface area contributed by atoms with Crippen LogP contribution in [0.15, 0.2) is 36.4 Å². The maximum absolute atomic E-state index is 11.5. The monoisotopic (exact) mass is 483 g/mol. The quantitative estimate of drug-likeness (QED) is 0.284. The standard InChI is InChI=1S/C28H34ClNO4/c1-17-9-22(29)13-24(27(32)33)26(17)30-25(31)3-2-8-34-23-6-4-21(5-7-23)28-14-18-10-19(15-28)12-20(11-18)16-28/h4-7,9,13,18-20,25,30-31H,2-3,8,10-12,14-16H2,1H3,(H,32,33). The molecule has 0 aliphatic heterocycles. The van der Waals surface area contributed by atoms with E-state index in [4.69, 9.17) is 16.3 Å². The summed E-state index contributed by atoms with van der Waals surface area (Å²) in [5.41, 5.74) is 3.02. The van der Waals surface area contributed by atoms with E-state index in [1.54, 1.807) is 13.0 Å². The number of aromatic carboxylic acids is 1. The highest BCUT2D eigenvalue weighted by molar-refractivity contribution is 6.31. The molecule has 2 aromatic carbocycles. The lowest BCUT2D eigenvalue weighted by atomic mass is 9.48. The van der Waals surface area contributed by atoms with Gasteiger partial charge in [0.2, 0.25) is 0 Å². The zero-order valence-corrected chi connectivity index (χ0v) is 20.5. The van der Waals surface area contributed by atoms with Gasteiger partial charge in [0, 0.05) is 5.02 Å². The van der Waals surface area contributed by atoms with Crippen LogP contribution in [0, 0.1) is 24.7 Å². The minimum atomic E-state index is -1.08. The van der Waals surface area contributed by atoms with Crippen molar-refractivity contribution in [2.75, 3.05) is 11.9 Å². The largest absolute Gasteiger partial charge is 0.494 e. The van der Waals surface area contributed by atoms with Gasteiger partial charge in [0.05, 0.1) is 17.9 Å². The average molecular weight is 484 g/mol. The van der Waals surface area contributed by atoms with Crippen LogP contribution in [-0.2, 0) is 5.41 Å². The molecule has 0 saturated heterocycles. The molecule has 4 aliphatic carbocycles. The highest BCUT2D eigenvalue weighted by atomic mass is 35.5. The van der Waals surface area contributed by atoms with Crippen LogP contribution in [0.2, 0.25) is 5.02 Å². The van der Waals surface area contributed by atoms with E-state index in [-0.39, 0.29) is 5.56 Å². The first-order chi connectivity index (χ1) is 16.3. The minimum Gasteiger partial charge on any atom is -0.494 e. The fourth-order valence-electron chi connectivity index (χ4n) is 7.18. The number of ether oxygens (including phenoxy) is 1. The van der Waals surface area contributed by atoms with Crippen LogP contribution in [0.25, 0.3) is 0 Å².